The summed E-state index contributed by atoms with van der Waals surface area (Å²) in [6.45, 7) is 10.6. The summed E-state index contributed by atoms with van der Waals surface area (Å²) < 4.78 is 5.21. The van der Waals surface area contributed by atoms with Gasteiger partial charge in [0.15, 0.2) is 0 Å². The van der Waals surface area contributed by atoms with Crippen molar-refractivity contribution < 1.29 is 24.0 Å². The van der Waals surface area contributed by atoms with Crippen LogP contribution in [-0.4, -0.2) is 29.6 Å². The van der Waals surface area contributed by atoms with Gasteiger partial charge in [0.2, 0.25) is 0 Å². The van der Waals surface area contributed by atoms with Gasteiger partial charge in [-0.25, -0.2) is 4.79 Å². The zero-order chi connectivity index (χ0) is 18.0. The first kappa shape index (κ1) is 18.5. The predicted octanol–water partition coefficient (Wildman–Crippen LogP) is 3.61. The Bertz CT molecular complexity index is 530. The van der Waals surface area contributed by atoms with Crippen molar-refractivity contribution in [3.05, 3.63) is 12.7 Å². The monoisotopic (exact) mass is 337 g/mol. The highest BCUT2D eigenvalue weighted by Gasteiger charge is 2.69. The molecule has 1 aliphatic carbocycles. The molecule has 0 aromatic rings. The lowest BCUT2D eigenvalue weighted by Gasteiger charge is -2.16. The molecule has 2 amide bonds. The molecule has 24 heavy (non-hydrogen) atoms. The lowest BCUT2D eigenvalue weighted by molar-refractivity contribution is -0.177. The van der Waals surface area contributed by atoms with Crippen LogP contribution < -0.4 is 0 Å². The molecule has 0 aromatic carbocycles. The summed E-state index contributed by atoms with van der Waals surface area (Å²) in [5, 5.41) is 0.511. The SMILES string of the molecule is C=CCC[C@@]1(C)[C@H](COC(=O)ON2C(=O)CCC2=O)[C@@]1(C)CCC. The summed E-state index contributed by atoms with van der Waals surface area (Å²) >= 11 is 0. The third kappa shape index (κ3) is 3.19. The largest absolute Gasteiger partial charge is 0.533 e. The van der Waals surface area contributed by atoms with Crippen molar-refractivity contribution in [1.29, 1.82) is 0 Å². The molecular formula is C18H27NO5. The number of hydrogen-bond acceptors (Lipinski definition) is 5. The summed E-state index contributed by atoms with van der Waals surface area (Å²) in [6, 6.07) is 0. The van der Waals surface area contributed by atoms with Gasteiger partial charge < -0.3 is 4.74 Å². The van der Waals surface area contributed by atoms with Gasteiger partial charge in [-0.05, 0) is 30.1 Å². The Labute approximate surface area is 143 Å². The molecule has 0 unspecified atom stereocenters. The van der Waals surface area contributed by atoms with E-state index in [0.29, 0.717) is 5.06 Å². The molecule has 2 aliphatic rings. The Balaban J connectivity index is 1.90. The summed E-state index contributed by atoms with van der Waals surface area (Å²) in [5.41, 5.74) is 0.209. The molecule has 0 aromatic heterocycles. The fraction of sp³-hybridized carbons (Fsp3) is 0.722. The fourth-order valence-corrected chi connectivity index (χ4v) is 4.19. The highest BCUT2D eigenvalue weighted by Crippen LogP contribution is 2.73. The van der Waals surface area contributed by atoms with Gasteiger partial charge in [-0.3, -0.25) is 14.4 Å². The number of nitrogens with zero attached hydrogens (tertiary/aromatic N) is 1. The van der Waals surface area contributed by atoms with Gasteiger partial charge in [-0.15, -0.1) is 6.58 Å². The molecule has 0 radical (unpaired) electrons. The minimum atomic E-state index is -0.990. The number of hydrogen-bond donors (Lipinski definition) is 0. The minimum absolute atomic E-state index is 0.0724. The number of imide groups is 1. The molecule has 6 nitrogen and oxygen atoms in total. The molecule has 2 fully saturated rings. The molecule has 2 rings (SSSR count). The second-order valence-electron chi connectivity index (χ2n) is 7.20. The van der Waals surface area contributed by atoms with E-state index < -0.39 is 18.0 Å². The second-order valence-corrected chi connectivity index (χ2v) is 7.20. The fourth-order valence-electron chi connectivity index (χ4n) is 4.19. The number of rotatable bonds is 8. The van der Waals surface area contributed by atoms with E-state index in [0.717, 1.165) is 25.7 Å². The van der Waals surface area contributed by atoms with Crippen LogP contribution in [0, 0.1) is 16.7 Å². The first-order valence-electron chi connectivity index (χ1n) is 8.61. The van der Waals surface area contributed by atoms with Crippen LogP contribution in [0.15, 0.2) is 12.7 Å². The maximum atomic E-state index is 11.8. The Morgan fingerprint density at radius 1 is 1.25 bits per heavy atom. The van der Waals surface area contributed by atoms with Gasteiger partial charge in [-0.1, -0.05) is 38.3 Å². The first-order valence-corrected chi connectivity index (χ1v) is 8.61. The van der Waals surface area contributed by atoms with Crippen molar-refractivity contribution in [2.75, 3.05) is 6.61 Å². The van der Waals surface area contributed by atoms with Crippen LogP contribution in [0.4, 0.5) is 4.79 Å². The van der Waals surface area contributed by atoms with Crippen LogP contribution in [0.3, 0.4) is 0 Å². The van der Waals surface area contributed by atoms with Gasteiger partial charge in [-0.2, -0.15) is 0 Å². The van der Waals surface area contributed by atoms with E-state index in [-0.39, 0.29) is 36.2 Å². The van der Waals surface area contributed by atoms with E-state index >= 15 is 0 Å². The molecule has 1 saturated carbocycles. The Hall–Kier alpha value is -1.85. The molecule has 0 spiro atoms. The van der Waals surface area contributed by atoms with Gasteiger partial charge in [0, 0.05) is 18.8 Å². The van der Waals surface area contributed by atoms with Gasteiger partial charge in [0.25, 0.3) is 11.8 Å². The molecule has 3 atom stereocenters. The van der Waals surface area contributed by atoms with E-state index in [1.807, 2.05) is 6.08 Å². The number of ether oxygens (including phenoxy) is 1. The van der Waals surface area contributed by atoms with Crippen molar-refractivity contribution in [3.8, 4) is 0 Å². The van der Waals surface area contributed by atoms with E-state index in [1.54, 1.807) is 0 Å². The smallest absolute Gasteiger partial charge is 0.432 e. The molecule has 1 aliphatic heterocycles. The van der Waals surface area contributed by atoms with Crippen LogP contribution in [0.25, 0.3) is 0 Å². The second kappa shape index (κ2) is 6.95. The van der Waals surface area contributed by atoms with Gasteiger partial charge >= 0.3 is 6.16 Å². The Kier molecular flexibility index (Phi) is 5.35. The lowest BCUT2D eigenvalue weighted by Crippen LogP contribution is -2.32. The topological polar surface area (TPSA) is 72.9 Å². The van der Waals surface area contributed by atoms with Crippen LogP contribution in [-0.2, 0) is 19.2 Å². The van der Waals surface area contributed by atoms with Gasteiger partial charge in [0.05, 0.1) is 6.61 Å². The highest BCUT2D eigenvalue weighted by molar-refractivity contribution is 6.01. The average Bonchev–Trinajstić information content (AvgIpc) is 2.80. The normalized spacial score (nSPS) is 32.0. The standard InChI is InChI=1S/C18H27NO5/c1-5-7-11-18(4)13(17(18,3)10-6-2)12-23-16(22)24-19-14(20)8-9-15(19)21/h5,13H,1,6-12H2,2-4H3/t13-,17-,18+/m1/s1. The molecule has 134 valence electrons. The summed E-state index contributed by atoms with van der Waals surface area (Å²) in [5.74, 6) is -0.771. The van der Waals surface area contributed by atoms with Crippen LogP contribution in [0.5, 0.6) is 0 Å². The van der Waals surface area contributed by atoms with E-state index in [4.69, 9.17) is 9.57 Å². The maximum absolute atomic E-state index is 11.8. The molecule has 6 heteroatoms. The van der Waals surface area contributed by atoms with Crippen molar-refractivity contribution in [2.45, 2.75) is 59.3 Å². The molecule has 0 N–H and O–H groups in total. The zero-order valence-corrected chi connectivity index (χ0v) is 14.8. The minimum Gasteiger partial charge on any atom is -0.432 e. The first-order chi connectivity index (χ1) is 11.3. The van der Waals surface area contributed by atoms with Crippen LogP contribution >= 0.6 is 0 Å². The van der Waals surface area contributed by atoms with Gasteiger partial charge in [0.1, 0.15) is 0 Å². The summed E-state index contributed by atoms with van der Waals surface area (Å²) in [6.07, 6.45) is 5.12. The third-order valence-electron chi connectivity index (χ3n) is 5.94. The number of amides is 2. The van der Waals surface area contributed by atoms with Crippen LogP contribution in [0.1, 0.15) is 59.3 Å². The van der Waals surface area contributed by atoms with Crippen molar-refractivity contribution in [3.63, 3.8) is 0 Å². The number of hydroxylamine groups is 2. The van der Waals surface area contributed by atoms with Crippen molar-refractivity contribution in [1.82, 2.24) is 5.06 Å². The van der Waals surface area contributed by atoms with E-state index in [1.165, 1.54) is 0 Å². The number of carbonyl (C=O) groups is 3. The zero-order valence-electron chi connectivity index (χ0n) is 14.8. The Morgan fingerprint density at radius 3 is 2.38 bits per heavy atom. The third-order valence-corrected chi connectivity index (χ3v) is 5.94. The molecule has 0 bridgehead atoms. The summed E-state index contributed by atoms with van der Waals surface area (Å²) in [4.78, 5) is 39.4. The quantitative estimate of drug-likeness (QED) is 0.384. The highest BCUT2D eigenvalue weighted by atomic mass is 16.8. The van der Waals surface area contributed by atoms with Crippen LogP contribution in [0.2, 0.25) is 0 Å². The maximum Gasteiger partial charge on any atom is 0.533 e. The number of carbonyl (C=O) groups excluding carboxylic acids is 3. The Morgan fingerprint density at radius 2 is 1.83 bits per heavy atom. The summed E-state index contributed by atoms with van der Waals surface area (Å²) in [7, 11) is 0. The number of allylic oxidation sites excluding steroid dienone is 1. The van der Waals surface area contributed by atoms with E-state index in [9.17, 15) is 14.4 Å². The van der Waals surface area contributed by atoms with Crippen molar-refractivity contribution >= 4 is 18.0 Å². The predicted molar refractivity (Wildman–Crippen MR) is 87.6 cm³/mol. The molecular weight excluding hydrogens is 310 g/mol. The van der Waals surface area contributed by atoms with E-state index in [2.05, 4.69) is 27.4 Å². The average molecular weight is 337 g/mol. The van der Waals surface area contributed by atoms with Crippen molar-refractivity contribution in [2.24, 2.45) is 16.7 Å². The molecule has 1 heterocycles. The molecule has 1 saturated heterocycles. The lowest BCUT2D eigenvalue weighted by atomic mass is 9.88.